The van der Waals surface area contributed by atoms with Crippen molar-refractivity contribution in [2.45, 2.75) is 31.5 Å². The summed E-state index contributed by atoms with van der Waals surface area (Å²) < 4.78 is 10.8. The highest BCUT2D eigenvalue weighted by molar-refractivity contribution is 5.34. The van der Waals surface area contributed by atoms with E-state index in [1.807, 2.05) is 18.2 Å². The van der Waals surface area contributed by atoms with Crippen LogP contribution in [0.5, 0.6) is 11.5 Å². The van der Waals surface area contributed by atoms with Gasteiger partial charge in [0.25, 0.3) is 0 Å². The molecule has 1 heterocycles. The van der Waals surface area contributed by atoms with Gasteiger partial charge in [-0.25, -0.2) is 0 Å². The molecule has 4 heteroatoms. The van der Waals surface area contributed by atoms with Crippen molar-refractivity contribution >= 4 is 0 Å². The molecule has 3 rings (SSSR count). The summed E-state index contributed by atoms with van der Waals surface area (Å²) in [4.78, 5) is 0. The Morgan fingerprint density at radius 2 is 1.96 bits per heavy atom. The lowest BCUT2D eigenvalue weighted by molar-refractivity contribution is 0.302. The minimum atomic E-state index is 0.295. The van der Waals surface area contributed by atoms with Crippen LogP contribution in [0.2, 0.25) is 0 Å². The van der Waals surface area contributed by atoms with Gasteiger partial charge in [0.15, 0.2) is 0 Å². The predicted molar refractivity (Wildman–Crippen MR) is 96.6 cm³/mol. The Labute approximate surface area is 144 Å². The largest absolute Gasteiger partial charge is 0.497 e. The summed E-state index contributed by atoms with van der Waals surface area (Å²) in [5.74, 6) is 1.84. The minimum absolute atomic E-state index is 0.295. The molecule has 0 spiro atoms. The second kappa shape index (κ2) is 8.18. The maximum atomic E-state index is 5.45. The van der Waals surface area contributed by atoms with Crippen LogP contribution in [0, 0.1) is 0 Å². The zero-order chi connectivity index (χ0) is 16.8. The lowest BCUT2D eigenvalue weighted by atomic mass is 9.92. The van der Waals surface area contributed by atoms with Crippen LogP contribution in [0.3, 0.4) is 0 Å². The monoisotopic (exact) mass is 326 g/mol. The lowest BCUT2D eigenvalue weighted by Gasteiger charge is -2.34. The SMILES string of the molecule is COc1cccc(C2NCCCC2NCc2ccccc2OC)c1. The fraction of sp³-hybridized carbons (Fsp3) is 0.400. The zero-order valence-electron chi connectivity index (χ0n) is 14.4. The highest BCUT2D eigenvalue weighted by atomic mass is 16.5. The van der Waals surface area contributed by atoms with Crippen molar-refractivity contribution in [2.75, 3.05) is 20.8 Å². The topological polar surface area (TPSA) is 42.5 Å². The Morgan fingerprint density at radius 1 is 1.08 bits per heavy atom. The van der Waals surface area contributed by atoms with Crippen LogP contribution in [0.1, 0.15) is 30.0 Å². The van der Waals surface area contributed by atoms with E-state index in [1.165, 1.54) is 17.5 Å². The average Bonchev–Trinajstić information content (AvgIpc) is 2.67. The van der Waals surface area contributed by atoms with E-state index >= 15 is 0 Å². The average molecular weight is 326 g/mol. The smallest absolute Gasteiger partial charge is 0.123 e. The van der Waals surface area contributed by atoms with Crippen LogP contribution in [-0.4, -0.2) is 26.8 Å². The minimum Gasteiger partial charge on any atom is -0.497 e. The van der Waals surface area contributed by atoms with Gasteiger partial charge in [0.05, 0.1) is 14.2 Å². The van der Waals surface area contributed by atoms with Crippen molar-refractivity contribution in [2.24, 2.45) is 0 Å². The number of hydrogen-bond donors (Lipinski definition) is 2. The van der Waals surface area contributed by atoms with Crippen LogP contribution in [0.25, 0.3) is 0 Å². The second-order valence-electron chi connectivity index (χ2n) is 6.15. The van der Waals surface area contributed by atoms with E-state index < -0.39 is 0 Å². The van der Waals surface area contributed by atoms with Gasteiger partial charge in [-0.05, 0) is 43.1 Å². The van der Waals surface area contributed by atoms with E-state index in [9.17, 15) is 0 Å². The van der Waals surface area contributed by atoms with Crippen LogP contribution < -0.4 is 20.1 Å². The van der Waals surface area contributed by atoms with Crippen LogP contribution in [0.15, 0.2) is 48.5 Å². The molecule has 1 aliphatic rings. The highest BCUT2D eigenvalue weighted by Crippen LogP contribution is 2.27. The number of rotatable bonds is 6. The third kappa shape index (κ3) is 3.89. The molecule has 2 unspecified atom stereocenters. The van der Waals surface area contributed by atoms with Gasteiger partial charge >= 0.3 is 0 Å². The Morgan fingerprint density at radius 3 is 2.79 bits per heavy atom. The molecular weight excluding hydrogens is 300 g/mol. The predicted octanol–water partition coefficient (Wildman–Crippen LogP) is 3.29. The molecule has 24 heavy (non-hydrogen) atoms. The van der Waals surface area contributed by atoms with Gasteiger partial charge in [-0.1, -0.05) is 30.3 Å². The molecule has 0 aromatic heterocycles. The highest BCUT2D eigenvalue weighted by Gasteiger charge is 2.26. The molecule has 2 N–H and O–H groups in total. The first kappa shape index (κ1) is 16.8. The molecule has 2 aromatic carbocycles. The van der Waals surface area contributed by atoms with Crippen LogP contribution >= 0.6 is 0 Å². The third-order valence-corrected chi connectivity index (χ3v) is 4.66. The van der Waals surface area contributed by atoms with Gasteiger partial charge in [-0.15, -0.1) is 0 Å². The van der Waals surface area contributed by atoms with Crippen molar-refractivity contribution in [1.82, 2.24) is 10.6 Å². The number of ether oxygens (including phenoxy) is 2. The lowest BCUT2D eigenvalue weighted by Crippen LogP contribution is -2.45. The van der Waals surface area contributed by atoms with Crippen molar-refractivity contribution < 1.29 is 9.47 Å². The molecule has 0 radical (unpaired) electrons. The second-order valence-corrected chi connectivity index (χ2v) is 6.15. The molecule has 4 nitrogen and oxygen atoms in total. The van der Waals surface area contributed by atoms with Crippen LogP contribution in [-0.2, 0) is 6.54 Å². The summed E-state index contributed by atoms with van der Waals surface area (Å²) in [6, 6.07) is 17.2. The van der Waals surface area contributed by atoms with E-state index in [2.05, 4.69) is 41.0 Å². The number of methoxy groups -OCH3 is 2. The molecule has 0 aliphatic carbocycles. The van der Waals surface area contributed by atoms with Gasteiger partial charge in [0.1, 0.15) is 11.5 Å². The Kier molecular flexibility index (Phi) is 5.72. The quantitative estimate of drug-likeness (QED) is 0.855. The van der Waals surface area contributed by atoms with Gasteiger partial charge < -0.3 is 20.1 Å². The number of nitrogens with one attached hydrogen (secondary N) is 2. The summed E-state index contributed by atoms with van der Waals surface area (Å²) in [5, 5.41) is 7.37. The molecule has 1 aliphatic heterocycles. The molecule has 0 bridgehead atoms. The molecule has 0 saturated carbocycles. The van der Waals surface area contributed by atoms with Crippen LogP contribution in [0.4, 0.5) is 0 Å². The van der Waals surface area contributed by atoms with Crippen molar-refractivity contribution in [3.8, 4) is 11.5 Å². The fourth-order valence-corrected chi connectivity index (χ4v) is 3.38. The summed E-state index contributed by atoms with van der Waals surface area (Å²) >= 11 is 0. The maximum Gasteiger partial charge on any atom is 0.123 e. The van der Waals surface area contributed by atoms with E-state index in [0.29, 0.717) is 12.1 Å². The fourth-order valence-electron chi connectivity index (χ4n) is 3.38. The Hall–Kier alpha value is -2.04. The molecule has 1 fully saturated rings. The normalized spacial score (nSPS) is 20.6. The first-order valence-electron chi connectivity index (χ1n) is 8.54. The van der Waals surface area contributed by atoms with Crippen molar-refractivity contribution in [3.05, 3.63) is 59.7 Å². The Bertz CT molecular complexity index is 660. The zero-order valence-corrected chi connectivity index (χ0v) is 14.4. The molecule has 128 valence electrons. The van der Waals surface area contributed by atoms with Gasteiger partial charge in [0.2, 0.25) is 0 Å². The van der Waals surface area contributed by atoms with Gasteiger partial charge in [-0.2, -0.15) is 0 Å². The Balaban J connectivity index is 1.72. The molecule has 0 amide bonds. The first-order chi connectivity index (χ1) is 11.8. The number of hydrogen-bond acceptors (Lipinski definition) is 4. The summed E-state index contributed by atoms with van der Waals surface area (Å²) in [7, 11) is 3.44. The summed E-state index contributed by atoms with van der Waals surface area (Å²) in [6.45, 7) is 1.85. The van der Waals surface area contributed by atoms with E-state index in [-0.39, 0.29) is 0 Å². The standard InChI is InChI=1S/C20H26N2O2/c1-23-17-9-5-8-15(13-17)20-18(10-6-12-21-20)22-14-16-7-3-4-11-19(16)24-2/h3-5,7-9,11,13,18,20-22H,6,10,12,14H2,1-2H3. The van der Waals surface area contributed by atoms with Gasteiger partial charge in [0, 0.05) is 24.2 Å². The number of benzene rings is 2. The number of piperidine rings is 1. The first-order valence-corrected chi connectivity index (χ1v) is 8.54. The molecule has 2 atom stereocenters. The van der Waals surface area contributed by atoms with Crippen molar-refractivity contribution in [1.29, 1.82) is 0 Å². The van der Waals surface area contributed by atoms with Crippen molar-refractivity contribution in [3.63, 3.8) is 0 Å². The van der Waals surface area contributed by atoms with E-state index in [1.54, 1.807) is 14.2 Å². The molecule has 2 aromatic rings. The summed E-state index contributed by atoms with van der Waals surface area (Å²) in [6.07, 6.45) is 2.34. The summed E-state index contributed by atoms with van der Waals surface area (Å²) in [5.41, 5.74) is 2.46. The van der Waals surface area contributed by atoms with Gasteiger partial charge in [-0.3, -0.25) is 0 Å². The third-order valence-electron chi connectivity index (χ3n) is 4.66. The number of para-hydroxylation sites is 1. The van der Waals surface area contributed by atoms with E-state index in [0.717, 1.165) is 31.0 Å². The molecular formula is C20H26N2O2. The maximum absolute atomic E-state index is 5.45. The molecule has 1 saturated heterocycles. The van der Waals surface area contributed by atoms with E-state index in [4.69, 9.17) is 9.47 Å².